The number of anilines is 1. The van der Waals surface area contributed by atoms with Crippen molar-refractivity contribution in [3.05, 3.63) is 64.7 Å². The molecule has 8 heteroatoms. The van der Waals surface area contributed by atoms with Gasteiger partial charge in [-0.15, -0.1) is 0 Å². The number of nitrogens with one attached hydrogen (secondary N) is 1. The number of benzene rings is 2. The molecule has 1 spiro atoms. The number of amides is 2. The van der Waals surface area contributed by atoms with Crippen LogP contribution >= 0.6 is 11.6 Å². The first-order chi connectivity index (χ1) is 15.3. The van der Waals surface area contributed by atoms with E-state index in [2.05, 4.69) is 5.32 Å². The molecule has 2 aromatic carbocycles. The SMILES string of the molecule is COc1ccc(NC(=O)[C@@H]2CC23CCN(C(=O)/C=C/c2cccc(F)c2F)CC3)cc1Cl. The number of halogens is 3. The average molecular weight is 461 g/mol. The number of nitrogens with zero attached hydrogens (tertiary/aromatic N) is 1. The lowest BCUT2D eigenvalue weighted by molar-refractivity contribution is -0.127. The normalized spacial score (nSPS) is 19.2. The van der Waals surface area contributed by atoms with Gasteiger partial charge in [-0.1, -0.05) is 23.7 Å². The Bertz CT molecular complexity index is 1080. The van der Waals surface area contributed by atoms with Crippen LogP contribution in [0.1, 0.15) is 24.8 Å². The van der Waals surface area contributed by atoms with Crippen LogP contribution in [0.4, 0.5) is 14.5 Å². The van der Waals surface area contributed by atoms with E-state index in [1.54, 1.807) is 23.1 Å². The second-order valence-electron chi connectivity index (χ2n) is 8.26. The summed E-state index contributed by atoms with van der Waals surface area (Å²) in [6.45, 7) is 1.04. The molecule has 4 rings (SSSR count). The lowest BCUT2D eigenvalue weighted by Gasteiger charge is -2.32. The number of rotatable bonds is 5. The smallest absolute Gasteiger partial charge is 0.246 e. The molecule has 32 heavy (non-hydrogen) atoms. The van der Waals surface area contributed by atoms with Gasteiger partial charge in [0.2, 0.25) is 11.8 Å². The van der Waals surface area contributed by atoms with Crippen molar-refractivity contribution in [2.75, 3.05) is 25.5 Å². The highest BCUT2D eigenvalue weighted by atomic mass is 35.5. The number of methoxy groups -OCH3 is 1. The van der Waals surface area contributed by atoms with E-state index in [0.29, 0.717) is 29.5 Å². The topological polar surface area (TPSA) is 58.6 Å². The van der Waals surface area contributed by atoms with Crippen LogP contribution < -0.4 is 10.1 Å². The van der Waals surface area contributed by atoms with Gasteiger partial charge >= 0.3 is 0 Å². The van der Waals surface area contributed by atoms with Gasteiger partial charge in [-0.2, -0.15) is 0 Å². The first-order valence-electron chi connectivity index (χ1n) is 10.4. The van der Waals surface area contributed by atoms with Crippen LogP contribution in [0.15, 0.2) is 42.5 Å². The number of piperidine rings is 1. The predicted molar refractivity (Wildman–Crippen MR) is 118 cm³/mol. The Hall–Kier alpha value is -2.93. The van der Waals surface area contributed by atoms with Crippen molar-refractivity contribution in [2.45, 2.75) is 19.3 Å². The molecule has 1 saturated heterocycles. The lowest BCUT2D eigenvalue weighted by Crippen LogP contribution is -2.39. The molecule has 1 aliphatic carbocycles. The summed E-state index contributed by atoms with van der Waals surface area (Å²) >= 11 is 6.12. The van der Waals surface area contributed by atoms with Gasteiger partial charge in [-0.25, -0.2) is 8.78 Å². The first kappa shape index (κ1) is 22.3. The van der Waals surface area contributed by atoms with Gasteiger partial charge in [0.1, 0.15) is 5.75 Å². The number of hydrogen-bond acceptors (Lipinski definition) is 3. The third-order valence-corrected chi connectivity index (χ3v) is 6.68. The minimum Gasteiger partial charge on any atom is -0.495 e. The number of carbonyl (C=O) groups is 2. The summed E-state index contributed by atoms with van der Waals surface area (Å²) in [7, 11) is 1.53. The molecule has 1 N–H and O–H groups in total. The van der Waals surface area contributed by atoms with E-state index < -0.39 is 11.6 Å². The van der Waals surface area contributed by atoms with E-state index in [0.717, 1.165) is 25.3 Å². The zero-order valence-electron chi connectivity index (χ0n) is 17.5. The minimum absolute atomic E-state index is 0.0318. The summed E-state index contributed by atoms with van der Waals surface area (Å²) in [5, 5.41) is 3.34. The Balaban J connectivity index is 1.30. The van der Waals surface area contributed by atoms with Crippen LogP contribution in [0.2, 0.25) is 5.02 Å². The van der Waals surface area contributed by atoms with Crippen LogP contribution in [0.5, 0.6) is 5.75 Å². The van der Waals surface area contributed by atoms with Crippen molar-refractivity contribution < 1.29 is 23.1 Å². The van der Waals surface area contributed by atoms with E-state index in [1.807, 2.05) is 0 Å². The van der Waals surface area contributed by atoms with Gasteiger partial charge in [0.15, 0.2) is 11.6 Å². The van der Waals surface area contributed by atoms with Crippen LogP contribution in [0, 0.1) is 23.0 Å². The van der Waals surface area contributed by atoms with Crippen LogP contribution in [-0.2, 0) is 9.59 Å². The maximum atomic E-state index is 13.7. The molecule has 1 heterocycles. The fourth-order valence-electron chi connectivity index (χ4n) is 4.33. The lowest BCUT2D eigenvalue weighted by atomic mass is 9.90. The van der Waals surface area contributed by atoms with E-state index in [4.69, 9.17) is 16.3 Å². The number of likely N-dealkylation sites (tertiary alicyclic amines) is 1. The zero-order valence-corrected chi connectivity index (χ0v) is 18.3. The average Bonchev–Trinajstić information content (AvgIpc) is 3.48. The van der Waals surface area contributed by atoms with Gasteiger partial charge in [0.25, 0.3) is 0 Å². The molecule has 0 bridgehead atoms. The summed E-state index contributed by atoms with van der Waals surface area (Å²) in [5.74, 6) is -1.78. The Morgan fingerprint density at radius 2 is 1.97 bits per heavy atom. The van der Waals surface area contributed by atoms with E-state index in [1.165, 1.54) is 31.4 Å². The van der Waals surface area contributed by atoms with Crippen LogP contribution in [0.3, 0.4) is 0 Å². The number of hydrogen-bond donors (Lipinski definition) is 1. The van der Waals surface area contributed by atoms with E-state index >= 15 is 0 Å². The minimum atomic E-state index is -0.973. The van der Waals surface area contributed by atoms with Crippen molar-refractivity contribution in [3.8, 4) is 5.75 Å². The number of ether oxygens (including phenoxy) is 1. The predicted octanol–water partition coefficient (Wildman–Crippen LogP) is 4.91. The maximum Gasteiger partial charge on any atom is 0.246 e. The van der Waals surface area contributed by atoms with Crippen LogP contribution in [-0.4, -0.2) is 36.9 Å². The highest BCUT2D eigenvalue weighted by Crippen LogP contribution is 2.59. The van der Waals surface area contributed by atoms with Crippen LogP contribution in [0.25, 0.3) is 6.08 Å². The summed E-state index contributed by atoms with van der Waals surface area (Å²) in [6.07, 6.45) is 4.79. The molecule has 2 aliphatic rings. The molecule has 0 aromatic heterocycles. The Kier molecular flexibility index (Phi) is 6.20. The van der Waals surface area contributed by atoms with Crippen molar-refractivity contribution in [1.29, 1.82) is 0 Å². The summed E-state index contributed by atoms with van der Waals surface area (Å²) in [5.41, 5.74) is 0.560. The standard InChI is InChI=1S/C24H23ClF2N2O3/c1-32-20-7-6-16(13-18(20)25)28-23(31)17-14-24(17)9-11-29(12-10-24)21(30)8-5-15-3-2-4-19(26)22(15)27/h2-8,13,17H,9-12,14H2,1H3,(H,28,31)/b8-5+/t17-/m0/s1. The summed E-state index contributed by atoms with van der Waals surface area (Å²) < 4.78 is 32.2. The summed E-state index contributed by atoms with van der Waals surface area (Å²) in [4.78, 5) is 26.8. The van der Waals surface area contributed by atoms with Gasteiger partial charge in [0, 0.05) is 36.3 Å². The zero-order chi connectivity index (χ0) is 22.9. The fraction of sp³-hybridized carbons (Fsp3) is 0.333. The second-order valence-corrected chi connectivity index (χ2v) is 8.67. The summed E-state index contributed by atoms with van der Waals surface area (Å²) in [6, 6.07) is 8.94. The van der Waals surface area contributed by atoms with Gasteiger partial charge in [-0.05, 0) is 55.0 Å². The highest BCUT2D eigenvalue weighted by Gasteiger charge is 2.58. The van der Waals surface area contributed by atoms with Crippen molar-refractivity contribution >= 4 is 35.2 Å². The molecule has 0 radical (unpaired) electrons. The molecule has 2 aromatic rings. The molecule has 168 valence electrons. The molecular weight excluding hydrogens is 438 g/mol. The number of carbonyl (C=O) groups excluding carboxylic acids is 2. The highest BCUT2D eigenvalue weighted by molar-refractivity contribution is 6.32. The molecular formula is C24H23ClF2N2O3. The monoisotopic (exact) mass is 460 g/mol. The van der Waals surface area contributed by atoms with E-state index in [9.17, 15) is 18.4 Å². The molecule has 0 unspecified atom stereocenters. The molecule has 5 nitrogen and oxygen atoms in total. The second kappa shape index (κ2) is 8.90. The van der Waals surface area contributed by atoms with Gasteiger partial charge in [0.05, 0.1) is 12.1 Å². The molecule has 1 saturated carbocycles. The largest absolute Gasteiger partial charge is 0.495 e. The Labute approximate surface area is 190 Å². The Morgan fingerprint density at radius 3 is 2.66 bits per heavy atom. The van der Waals surface area contributed by atoms with Crippen molar-refractivity contribution in [3.63, 3.8) is 0 Å². The van der Waals surface area contributed by atoms with Crippen molar-refractivity contribution in [2.24, 2.45) is 11.3 Å². The molecule has 1 atom stereocenters. The quantitative estimate of drug-likeness (QED) is 0.645. The first-order valence-corrected chi connectivity index (χ1v) is 10.8. The van der Waals surface area contributed by atoms with E-state index in [-0.39, 0.29) is 28.7 Å². The third kappa shape index (κ3) is 4.48. The fourth-order valence-corrected chi connectivity index (χ4v) is 4.59. The van der Waals surface area contributed by atoms with Gasteiger partial charge < -0.3 is 15.0 Å². The third-order valence-electron chi connectivity index (χ3n) is 6.38. The Morgan fingerprint density at radius 1 is 1.22 bits per heavy atom. The molecule has 1 aliphatic heterocycles. The molecule has 2 fully saturated rings. The maximum absolute atomic E-state index is 13.7. The molecule has 2 amide bonds. The van der Waals surface area contributed by atoms with Crippen molar-refractivity contribution in [1.82, 2.24) is 4.90 Å². The van der Waals surface area contributed by atoms with Gasteiger partial charge in [-0.3, -0.25) is 9.59 Å².